The molecule has 0 unspecified atom stereocenters. The monoisotopic (exact) mass is 288 g/mol. The Balaban J connectivity index is 2.21. The van der Waals surface area contributed by atoms with E-state index in [1.165, 1.54) is 18.3 Å². The predicted octanol–water partition coefficient (Wildman–Crippen LogP) is 3.89. The number of hydrogen-bond donors (Lipinski definition) is 1. The number of benzene rings is 1. The molecule has 3 aromatic rings. The van der Waals surface area contributed by atoms with Gasteiger partial charge < -0.3 is 4.98 Å². The van der Waals surface area contributed by atoms with Crippen LogP contribution >= 0.6 is 11.6 Å². The average molecular weight is 289 g/mol. The zero-order valence-corrected chi connectivity index (χ0v) is 11.3. The molecule has 3 rings (SSSR count). The summed E-state index contributed by atoms with van der Waals surface area (Å²) in [6, 6.07) is 6.04. The Morgan fingerprint density at radius 2 is 2.10 bits per heavy atom. The number of halogens is 2. The number of nitrogens with one attached hydrogen (secondary N) is 1. The number of nitrogens with zero attached hydrogens (tertiary/aromatic N) is 1. The van der Waals surface area contributed by atoms with Gasteiger partial charge >= 0.3 is 0 Å². The molecule has 3 nitrogen and oxygen atoms in total. The summed E-state index contributed by atoms with van der Waals surface area (Å²) in [5, 5.41) is 0.924. The number of carbonyl (C=O) groups excluding carboxylic acids is 1. The first-order valence-corrected chi connectivity index (χ1v) is 6.38. The fraction of sp³-hybridized carbons (Fsp3) is 0.0667. The molecule has 0 fully saturated rings. The number of carbonyl (C=O) groups is 1. The van der Waals surface area contributed by atoms with Crippen molar-refractivity contribution in [2.24, 2.45) is 0 Å². The average Bonchev–Trinajstić information content (AvgIpc) is 2.86. The molecule has 0 radical (unpaired) electrons. The quantitative estimate of drug-likeness (QED) is 0.727. The number of ketones is 1. The third-order valence-electron chi connectivity index (χ3n) is 3.13. The van der Waals surface area contributed by atoms with Crippen molar-refractivity contribution in [3.8, 4) is 0 Å². The number of H-pyrrole nitrogens is 1. The first-order chi connectivity index (χ1) is 9.58. The summed E-state index contributed by atoms with van der Waals surface area (Å²) < 4.78 is 13.8. The molecule has 1 aromatic carbocycles. The molecule has 0 aliphatic carbocycles. The molecule has 0 amide bonds. The highest BCUT2D eigenvalue weighted by Gasteiger charge is 2.19. The first-order valence-electron chi connectivity index (χ1n) is 6.00. The van der Waals surface area contributed by atoms with Gasteiger partial charge in [-0.25, -0.2) is 9.37 Å². The van der Waals surface area contributed by atoms with E-state index in [1.54, 1.807) is 25.3 Å². The number of aryl methyl sites for hydroxylation is 1. The molecule has 0 atom stereocenters. The van der Waals surface area contributed by atoms with Gasteiger partial charge in [0.1, 0.15) is 11.5 Å². The number of aromatic amines is 1. The maximum atomic E-state index is 13.8. The van der Waals surface area contributed by atoms with Gasteiger partial charge in [-0.3, -0.25) is 4.79 Å². The lowest BCUT2D eigenvalue weighted by atomic mass is 10.0. The van der Waals surface area contributed by atoms with E-state index in [0.717, 1.165) is 5.56 Å². The molecule has 0 aliphatic rings. The fourth-order valence-electron chi connectivity index (χ4n) is 2.15. The van der Waals surface area contributed by atoms with Crippen LogP contribution in [0.4, 0.5) is 4.39 Å². The summed E-state index contributed by atoms with van der Waals surface area (Å²) >= 11 is 6.10. The minimum absolute atomic E-state index is 0.0332. The van der Waals surface area contributed by atoms with Crippen LogP contribution in [-0.2, 0) is 0 Å². The minimum atomic E-state index is -0.546. The zero-order valence-electron chi connectivity index (χ0n) is 10.6. The topological polar surface area (TPSA) is 45.8 Å². The summed E-state index contributed by atoms with van der Waals surface area (Å²) in [6.45, 7) is 1.81. The van der Waals surface area contributed by atoms with Gasteiger partial charge in [0.2, 0.25) is 0 Å². The van der Waals surface area contributed by atoms with Crippen LogP contribution in [0.3, 0.4) is 0 Å². The molecule has 2 heterocycles. The Labute approximate surface area is 119 Å². The molecule has 0 saturated heterocycles. The van der Waals surface area contributed by atoms with E-state index in [2.05, 4.69) is 9.97 Å². The van der Waals surface area contributed by atoms with Crippen molar-refractivity contribution in [2.45, 2.75) is 6.92 Å². The molecule has 0 saturated carbocycles. The maximum Gasteiger partial charge on any atom is 0.198 e. The van der Waals surface area contributed by atoms with Crippen molar-refractivity contribution in [3.05, 3.63) is 64.2 Å². The molecular formula is C15H10ClFN2O. The van der Waals surface area contributed by atoms with E-state index in [4.69, 9.17) is 11.6 Å². The van der Waals surface area contributed by atoms with Crippen LogP contribution in [0, 0.1) is 12.7 Å². The molecular weight excluding hydrogens is 279 g/mol. The van der Waals surface area contributed by atoms with Gasteiger partial charge in [-0.05, 0) is 25.1 Å². The van der Waals surface area contributed by atoms with Crippen LogP contribution in [0.2, 0.25) is 5.02 Å². The standard InChI is InChI=1S/C15H10ClFN2O/c1-8-2-3-12(17)9(6-8)14(20)10-7-19-15-13(10)11(16)4-5-18-15/h2-7H,1H3,(H,18,19). The van der Waals surface area contributed by atoms with Crippen LogP contribution in [0.1, 0.15) is 21.5 Å². The molecule has 1 N–H and O–H groups in total. The largest absolute Gasteiger partial charge is 0.345 e. The fourth-order valence-corrected chi connectivity index (χ4v) is 2.40. The van der Waals surface area contributed by atoms with Gasteiger partial charge in [-0.1, -0.05) is 23.2 Å². The lowest BCUT2D eigenvalue weighted by molar-refractivity contribution is 0.103. The highest BCUT2D eigenvalue weighted by molar-refractivity contribution is 6.37. The van der Waals surface area contributed by atoms with Crippen molar-refractivity contribution in [1.82, 2.24) is 9.97 Å². The van der Waals surface area contributed by atoms with Crippen molar-refractivity contribution >= 4 is 28.4 Å². The van der Waals surface area contributed by atoms with E-state index in [-0.39, 0.29) is 5.56 Å². The number of hydrogen-bond acceptors (Lipinski definition) is 2. The van der Waals surface area contributed by atoms with Gasteiger partial charge in [-0.15, -0.1) is 0 Å². The van der Waals surface area contributed by atoms with E-state index in [1.807, 2.05) is 0 Å². The Kier molecular flexibility index (Phi) is 3.03. The number of pyridine rings is 1. The molecule has 20 heavy (non-hydrogen) atoms. The third-order valence-corrected chi connectivity index (χ3v) is 3.45. The molecule has 0 spiro atoms. The number of rotatable bonds is 2. The summed E-state index contributed by atoms with van der Waals surface area (Å²) in [4.78, 5) is 19.5. The summed E-state index contributed by atoms with van der Waals surface area (Å²) in [7, 11) is 0. The lowest BCUT2D eigenvalue weighted by Gasteiger charge is -2.03. The smallest absolute Gasteiger partial charge is 0.198 e. The van der Waals surface area contributed by atoms with Gasteiger partial charge in [0, 0.05) is 17.8 Å². The minimum Gasteiger partial charge on any atom is -0.345 e. The molecule has 0 aliphatic heterocycles. The van der Waals surface area contributed by atoms with Crippen LogP contribution in [-0.4, -0.2) is 15.8 Å². The molecule has 5 heteroatoms. The van der Waals surface area contributed by atoms with Crippen molar-refractivity contribution in [2.75, 3.05) is 0 Å². The van der Waals surface area contributed by atoms with Crippen molar-refractivity contribution < 1.29 is 9.18 Å². The maximum absolute atomic E-state index is 13.8. The Morgan fingerprint density at radius 3 is 2.90 bits per heavy atom. The highest BCUT2D eigenvalue weighted by atomic mass is 35.5. The molecule has 100 valence electrons. The van der Waals surface area contributed by atoms with E-state index in [9.17, 15) is 9.18 Å². The normalized spacial score (nSPS) is 10.9. The van der Waals surface area contributed by atoms with Gasteiger partial charge in [0.15, 0.2) is 5.78 Å². The van der Waals surface area contributed by atoms with Crippen LogP contribution < -0.4 is 0 Å². The van der Waals surface area contributed by atoms with E-state index < -0.39 is 11.6 Å². The SMILES string of the molecule is Cc1ccc(F)c(C(=O)c2c[nH]c3nccc(Cl)c23)c1. The highest BCUT2D eigenvalue weighted by Crippen LogP contribution is 2.27. The van der Waals surface area contributed by atoms with Gasteiger partial charge in [-0.2, -0.15) is 0 Å². The summed E-state index contributed by atoms with van der Waals surface area (Å²) in [6.07, 6.45) is 3.05. The Bertz CT molecular complexity index is 826. The predicted molar refractivity (Wildman–Crippen MR) is 75.7 cm³/mol. The van der Waals surface area contributed by atoms with E-state index >= 15 is 0 Å². The lowest BCUT2D eigenvalue weighted by Crippen LogP contribution is -2.04. The van der Waals surface area contributed by atoms with Crippen molar-refractivity contribution in [1.29, 1.82) is 0 Å². The second-order valence-electron chi connectivity index (χ2n) is 4.53. The summed E-state index contributed by atoms with van der Waals surface area (Å²) in [5.41, 5.74) is 1.68. The van der Waals surface area contributed by atoms with Crippen molar-refractivity contribution in [3.63, 3.8) is 0 Å². The molecule has 0 bridgehead atoms. The Morgan fingerprint density at radius 1 is 1.30 bits per heavy atom. The number of fused-ring (bicyclic) bond motifs is 1. The second kappa shape index (κ2) is 4.72. The van der Waals surface area contributed by atoms with Crippen LogP contribution in [0.5, 0.6) is 0 Å². The number of aromatic nitrogens is 2. The first kappa shape index (κ1) is 12.8. The van der Waals surface area contributed by atoms with Crippen LogP contribution in [0.15, 0.2) is 36.7 Å². The zero-order chi connectivity index (χ0) is 14.3. The molecule has 2 aromatic heterocycles. The van der Waals surface area contributed by atoms with Crippen LogP contribution in [0.25, 0.3) is 11.0 Å². The van der Waals surface area contributed by atoms with E-state index in [0.29, 0.717) is 21.6 Å². The second-order valence-corrected chi connectivity index (χ2v) is 4.94. The Hall–Kier alpha value is -2.20. The third kappa shape index (κ3) is 1.98. The summed E-state index contributed by atoms with van der Waals surface area (Å²) in [5.74, 6) is -0.956. The van der Waals surface area contributed by atoms with Gasteiger partial charge in [0.25, 0.3) is 0 Å². The van der Waals surface area contributed by atoms with Gasteiger partial charge in [0.05, 0.1) is 16.1 Å².